The molecule has 2 aromatic heterocycles. The summed E-state index contributed by atoms with van der Waals surface area (Å²) in [7, 11) is 0. The second-order valence-electron chi connectivity index (χ2n) is 3.78. The minimum atomic E-state index is 0.664. The average molecular weight is 296 g/mol. The maximum Gasteiger partial charge on any atom is 0.222 e. The first-order valence-electron chi connectivity index (χ1n) is 5.46. The molecule has 0 aliphatic rings. The normalized spacial score (nSPS) is 10.5. The van der Waals surface area contributed by atoms with Crippen LogP contribution in [0.4, 0.5) is 5.95 Å². The first-order chi connectivity index (χ1) is 8.25. The van der Waals surface area contributed by atoms with Crippen molar-refractivity contribution >= 4 is 21.9 Å². The van der Waals surface area contributed by atoms with Crippen LogP contribution in [0, 0.1) is 6.92 Å². The fourth-order valence-electron chi connectivity index (χ4n) is 1.51. The van der Waals surface area contributed by atoms with Crippen LogP contribution < -0.4 is 5.32 Å². The molecule has 5 nitrogen and oxygen atoms in total. The number of aryl methyl sites for hydroxylation is 2. The summed E-state index contributed by atoms with van der Waals surface area (Å²) in [6.07, 6.45) is 7.38. The van der Waals surface area contributed by atoms with Crippen LogP contribution in [0.5, 0.6) is 0 Å². The summed E-state index contributed by atoms with van der Waals surface area (Å²) in [6, 6.07) is 0. The van der Waals surface area contributed by atoms with Gasteiger partial charge in [-0.05, 0) is 41.3 Å². The van der Waals surface area contributed by atoms with E-state index in [0.29, 0.717) is 5.95 Å². The minimum Gasteiger partial charge on any atom is -0.354 e. The SMILES string of the molecule is Cc1[nH]ncc1CCCNc1ncc(Br)cn1. The Bertz CT molecular complexity index is 465. The van der Waals surface area contributed by atoms with Gasteiger partial charge in [0.15, 0.2) is 0 Å². The molecular weight excluding hydrogens is 282 g/mol. The van der Waals surface area contributed by atoms with E-state index in [4.69, 9.17) is 0 Å². The summed E-state index contributed by atoms with van der Waals surface area (Å²) in [5.74, 6) is 0.664. The molecule has 0 saturated carbocycles. The molecule has 17 heavy (non-hydrogen) atoms. The number of halogens is 1. The van der Waals surface area contributed by atoms with Gasteiger partial charge in [0.05, 0.1) is 10.7 Å². The molecule has 0 saturated heterocycles. The fourth-order valence-corrected chi connectivity index (χ4v) is 1.72. The van der Waals surface area contributed by atoms with Crippen LogP contribution in [-0.4, -0.2) is 26.7 Å². The lowest BCUT2D eigenvalue weighted by molar-refractivity contribution is 0.847. The molecule has 0 aliphatic carbocycles. The molecule has 2 aromatic rings. The van der Waals surface area contributed by atoms with E-state index in [1.807, 2.05) is 13.1 Å². The van der Waals surface area contributed by atoms with E-state index in [1.165, 1.54) is 5.56 Å². The maximum atomic E-state index is 4.14. The lowest BCUT2D eigenvalue weighted by atomic mass is 10.1. The van der Waals surface area contributed by atoms with Gasteiger partial charge in [-0.25, -0.2) is 9.97 Å². The second-order valence-corrected chi connectivity index (χ2v) is 4.69. The molecule has 0 amide bonds. The predicted octanol–water partition coefficient (Wildman–Crippen LogP) is 2.32. The van der Waals surface area contributed by atoms with Crippen molar-refractivity contribution in [2.75, 3.05) is 11.9 Å². The number of aromatic amines is 1. The summed E-state index contributed by atoms with van der Waals surface area (Å²) >= 11 is 3.30. The highest BCUT2D eigenvalue weighted by Gasteiger charge is 2.00. The first-order valence-corrected chi connectivity index (χ1v) is 6.25. The molecule has 6 heteroatoms. The smallest absolute Gasteiger partial charge is 0.222 e. The quantitative estimate of drug-likeness (QED) is 0.831. The lowest BCUT2D eigenvalue weighted by Gasteiger charge is -2.03. The van der Waals surface area contributed by atoms with Crippen LogP contribution in [0.1, 0.15) is 17.7 Å². The zero-order valence-electron chi connectivity index (χ0n) is 9.57. The zero-order chi connectivity index (χ0) is 12.1. The summed E-state index contributed by atoms with van der Waals surface area (Å²) in [6.45, 7) is 2.89. The third-order valence-corrected chi connectivity index (χ3v) is 2.87. The van der Waals surface area contributed by atoms with Crippen LogP contribution in [0.15, 0.2) is 23.1 Å². The number of hydrogen-bond donors (Lipinski definition) is 2. The molecular formula is C11H14BrN5. The largest absolute Gasteiger partial charge is 0.354 e. The van der Waals surface area contributed by atoms with Gasteiger partial charge in [0.2, 0.25) is 5.95 Å². The van der Waals surface area contributed by atoms with Gasteiger partial charge < -0.3 is 5.32 Å². The topological polar surface area (TPSA) is 66.5 Å². The Balaban J connectivity index is 1.73. The number of nitrogens with one attached hydrogen (secondary N) is 2. The zero-order valence-corrected chi connectivity index (χ0v) is 11.2. The Kier molecular flexibility index (Phi) is 4.08. The average Bonchev–Trinajstić information content (AvgIpc) is 2.73. The van der Waals surface area contributed by atoms with E-state index in [2.05, 4.69) is 41.4 Å². The highest BCUT2D eigenvalue weighted by atomic mass is 79.9. The van der Waals surface area contributed by atoms with E-state index in [0.717, 1.165) is 29.6 Å². The van der Waals surface area contributed by atoms with Crippen molar-refractivity contribution in [1.29, 1.82) is 0 Å². The van der Waals surface area contributed by atoms with Crippen LogP contribution >= 0.6 is 15.9 Å². The van der Waals surface area contributed by atoms with Crippen LogP contribution in [0.3, 0.4) is 0 Å². The Labute approximate surface area is 108 Å². The molecule has 90 valence electrons. The Morgan fingerprint density at radius 2 is 2.06 bits per heavy atom. The van der Waals surface area contributed by atoms with E-state index in [9.17, 15) is 0 Å². The van der Waals surface area contributed by atoms with Crippen molar-refractivity contribution < 1.29 is 0 Å². The molecule has 2 rings (SSSR count). The Hall–Kier alpha value is -1.43. The van der Waals surface area contributed by atoms with Crippen molar-refractivity contribution in [3.8, 4) is 0 Å². The van der Waals surface area contributed by atoms with Gasteiger partial charge in [0.25, 0.3) is 0 Å². The molecule has 0 unspecified atom stereocenters. The van der Waals surface area contributed by atoms with Crippen molar-refractivity contribution in [2.24, 2.45) is 0 Å². The number of rotatable bonds is 5. The predicted molar refractivity (Wildman–Crippen MR) is 69.9 cm³/mol. The highest BCUT2D eigenvalue weighted by Crippen LogP contribution is 2.08. The lowest BCUT2D eigenvalue weighted by Crippen LogP contribution is -2.06. The van der Waals surface area contributed by atoms with Gasteiger partial charge in [0, 0.05) is 24.6 Å². The fraction of sp³-hybridized carbons (Fsp3) is 0.364. The van der Waals surface area contributed by atoms with E-state index >= 15 is 0 Å². The molecule has 0 bridgehead atoms. The van der Waals surface area contributed by atoms with Gasteiger partial charge in [-0.2, -0.15) is 5.10 Å². The van der Waals surface area contributed by atoms with Gasteiger partial charge in [-0.1, -0.05) is 0 Å². The van der Waals surface area contributed by atoms with Crippen LogP contribution in [0.25, 0.3) is 0 Å². The Morgan fingerprint density at radius 1 is 1.29 bits per heavy atom. The van der Waals surface area contributed by atoms with Crippen molar-refractivity contribution in [2.45, 2.75) is 19.8 Å². The second kappa shape index (κ2) is 5.77. The van der Waals surface area contributed by atoms with Crippen LogP contribution in [0.2, 0.25) is 0 Å². The first kappa shape index (κ1) is 12.0. The number of anilines is 1. The van der Waals surface area contributed by atoms with Crippen LogP contribution in [-0.2, 0) is 6.42 Å². The molecule has 0 spiro atoms. The summed E-state index contributed by atoms with van der Waals surface area (Å²) in [4.78, 5) is 8.29. The van der Waals surface area contributed by atoms with Crippen molar-refractivity contribution in [3.63, 3.8) is 0 Å². The van der Waals surface area contributed by atoms with Gasteiger partial charge in [0.1, 0.15) is 0 Å². The molecule has 0 aliphatic heterocycles. The van der Waals surface area contributed by atoms with Gasteiger partial charge >= 0.3 is 0 Å². The summed E-state index contributed by atoms with van der Waals surface area (Å²) < 4.78 is 0.886. The minimum absolute atomic E-state index is 0.664. The molecule has 0 radical (unpaired) electrons. The maximum absolute atomic E-state index is 4.14. The van der Waals surface area contributed by atoms with E-state index in [-0.39, 0.29) is 0 Å². The highest BCUT2D eigenvalue weighted by molar-refractivity contribution is 9.10. The number of aromatic nitrogens is 4. The monoisotopic (exact) mass is 295 g/mol. The standard InChI is InChI=1S/C11H14BrN5/c1-8-9(5-16-17-8)3-2-4-13-11-14-6-10(12)7-15-11/h5-7H,2-4H2,1H3,(H,16,17)(H,13,14,15). The summed E-state index contributed by atoms with van der Waals surface area (Å²) in [5.41, 5.74) is 2.41. The number of H-pyrrole nitrogens is 1. The molecule has 2 N–H and O–H groups in total. The van der Waals surface area contributed by atoms with E-state index in [1.54, 1.807) is 12.4 Å². The Morgan fingerprint density at radius 3 is 2.71 bits per heavy atom. The van der Waals surface area contributed by atoms with E-state index < -0.39 is 0 Å². The molecule has 2 heterocycles. The van der Waals surface area contributed by atoms with Crippen molar-refractivity contribution in [3.05, 3.63) is 34.3 Å². The van der Waals surface area contributed by atoms with Gasteiger partial charge in [-0.15, -0.1) is 0 Å². The summed E-state index contributed by atoms with van der Waals surface area (Å²) in [5, 5.41) is 10.1. The molecule has 0 atom stereocenters. The third-order valence-electron chi connectivity index (χ3n) is 2.46. The third kappa shape index (κ3) is 3.52. The number of hydrogen-bond acceptors (Lipinski definition) is 4. The number of nitrogens with zero attached hydrogens (tertiary/aromatic N) is 3. The van der Waals surface area contributed by atoms with Gasteiger partial charge in [-0.3, -0.25) is 5.10 Å². The van der Waals surface area contributed by atoms with Crippen molar-refractivity contribution in [1.82, 2.24) is 20.2 Å². The molecule has 0 fully saturated rings. The molecule has 0 aromatic carbocycles.